The molecule has 4 heteroatoms. The molecule has 1 atom stereocenters. The van der Waals surface area contributed by atoms with Crippen LogP contribution in [0.15, 0.2) is 54.6 Å². The molecular weight excluding hydrogens is 234 g/mol. The molecule has 17 heavy (non-hydrogen) atoms. The van der Waals surface area contributed by atoms with Crippen molar-refractivity contribution in [1.29, 1.82) is 0 Å². The van der Waals surface area contributed by atoms with Gasteiger partial charge in [-0.05, 0) is 23.8 Å². The van der Waals surface area contributed by atoms with Crippen molar-refractivity contribution < 1.29 is 8.76 Å². The molecule has 0 aliphatic rings. The lowest BCUT2D eigenvalue weighted by Gasteiger charge is -2.10. The van der Waals surface area contributed by atoms with E-state index in [1.165, 1.54) is 0 Å². The van der Waals surface area contributed by atoms with E-state index in [0.29, 0.717) is 0 Å². The van der Waals surface area contributed by atoms with Crippen LogP contribution in [0.3, 0.4) is 0 Å². The average Bonchev–Trinajstić information content (AvgIpc) is 2.32. The van der Waals surface area contributed by atoms with Crippen molar-refractivity contribution in [3.05, 3.63) is 60.2 Å². The topological polar surface area (TPSA) is 49.3 Å². The normalized spacial score (nSPS) is 12.1. The van der Waals surface area contributed by atoms with E-state index in [1.807, 2.05) is 54.6 Å². The van der Waals surface area contributed by atoms with Crippen molar-refractivity contribution in [3.63, 3.8) is 0 Å². The van der Waals surface area contributed by atoms with Gasteiger partial charge in [0.05, 0.1) is 5.75 Å². The highest BCUT2D eigenvalue weighted by Crippen LogP contribution is 2.21. The zero-order valence-electron chi connectivity index (χ0n) is 9.17. The summed E-state index contributed by atoms with van der Waals surface area (Å²) in [6.45, 7) is 0. The lowest BCUT2D eigenvalue weighted by atomic mass is 10.2. The maximum atomic E-state index is 10.9. The van der Waals surface area contributed by atoms with Gasteiger partial charge in [-0.25, -0.2) is 4.21 Å². The van der Waals surface area contributed by atoms with Crippen molar-refractivity contribution in [1.82, 2.24) is 0 Å². The fourth-order valence-corrected chi connectivity index (χ4v) is 2.10. The third kappa shape index (κ3) is 3.41. The molecule has 0 aliphatic carbocycles. The first-order valence-electron chi connectivity index (χ1n) is 5.23. The minimum absolute atomic E-state index is 0.135. The quantitative estimate of drug-likeness (QED) is 0.816. The Hall–Kier alpha value is -1.65. The van der Waals surface area contributed by atoms with Gasteiger partial charge in [0, 0.05) is 11.4 Å². The lowest BCUT2D eigenvalue weighted by molar-refractivity contribution is 0.563. The summed E-state index contributed by atoms with van der Waals surface area (Å²) in [4.78, 5) is 0. The largest absolute Gasteiger partial charge is 0.355 e. The second-order valence-corrected chi connectivity index (χ2v) is 4.55. The minimum Gasteiger partial charge on any atom is -0.355 e. The number of hydrogen-bond acceptors (Lipinski definition) is 2. The average molecular weight is 247 g/mol. The summed E-state index contributed by atoms with van der Waals surface area (Å²) in [6.07, 6.45) is 0. The third-order valence-electron chi connectivity index (χ3n) is 2.35. The molecule has 2 aromatic carbocycles. The van der Waals surface area contributed by atoms with Gasteiger partial charge < -0.3 is 9.87 Å². The van der Waals surface area contributed by atoms with Crippen LogP contribution in [0, 0.1) is 0 Å². The van der Waals surface area contributed by atoms with E-state index in [0.717, 1.165) is 16.9 Å². The highest BCUT2D eigenvalue weighted by atomic mass is 32.2. The fourth-order valence-electron chi connectivity index (χ4n) is 1.58. The molecule has 0 bridgehead atoms. The molecule has 88 valence electrons. The molecule has 2 aromatic rings. The molecule has 2 rings (SSSR count). The first kappa shape index (κ1) is 11.8. The summed E-state index contributed by atoms with van der Waals surface area (Å²) in [5, 5.41) is 3.23. The summed E-state index contributed by atoms with van der Waals surface area (Å²) < 4.78 is 19.8. The number of hydrogen-bond donors (Lipinski definition) is 2. The van der Waals surface area contributed by atoms with Crippen LogP contribution in [0.5, 0.6) is 0 Å². The SMILES string of the molecule is O=S(O)Cc1ccccc1Nc1ccccc1. The van der Waals surface area contributed by atoms with E-state index >= 15 is 0 Å². The molecule has 0 aromatic heterocycles. The van der Waals surface area contributed by atoms with Gasteiger partial charge in [0.1, 0.15) is 0 Å². The predicted octanol–water partition coefficient (Wildman–Crippen LogP) is 3.15. The maximum absolute atomic E-state index is 10.9. The Kier molecular flexibility index (Phi) is 3.90. The molecule has 0 spiro atoms. The standard InChI is InChI=1S/C13H13NO2S/c15-17(16)10-11-6-4-5-9-13(11)14-12-7-2-1-3-8-12/h1-9,14H,10H2,(H,15,16). The van der Waals surface area contributed by atoms with Crippen LogP contribution in [0.1, 0.15) is 5.56 Å². The smallest absolute Gasteiger partial charge is 0.157 e. The highest BCUT2D eigenvalue weighted by molar-refractivity contribution is 7.78. The molecule has 0 saturated heterocycles. The van der Waals surface area contributed by atoms with Gasteiger partial charge in [-0.3, -0.25) is 0 Å². The van der Waals surface area contributed by atoms with E-state index in [4.69, 9.17) is 4.55 Å². The Labute approximate surface area is 103 Å². The van der Waals surface area contributed by atoms with Crippen molar-refractivity contribution in [2.75, 3.05) is 5.32 Å². The Morgan fingerprint density at radius 2 is 1.65 bits per heavy atom. The molecule has 2 N–H and O–H groups in total. The predicted molar refractivity (Wildman–Crippen MR) is 70.6 cm³/mol. The number of anilines is 2. The van der Waals surface area contributed by atoms with Crippen molar-refractivity contribution in [2.45, 2.75) is 5.75 Å². The summed E-state index contributed by atoms with van der Waals surface area (Å²) in [5.74, 6) is 0.135. The van der Waals surface area contributed by atoms with Gasteiger partial charge >= 0.3 is 0 Å². The van der Waals surface area contributed by atoms with Gasteiger partial charge in [-0.15, -0.1) is 0 Å². The highest BCUT2D eigenvalue weighted by Gasteiger charge is 2.04. The molecule has 0 aliphatic heterocycles. The van der Waals surface area contributed by atoms with Crippen LogP contribution in [-0.4, -0.2) is 8.76 Å². The van der Waals surface area contributed by atoms with Gasteiger partial charge in [0.25, 0.3) is 0 Å². The Morgan fingerprint density at radius 1 is 1.00 bits per heavy atom. The van der Waals surface area contributed by atoms with Gasteiger partial charge in [0.15, 0.2) is 11.1 Å². The van der Waals surface area contributed by atoms with E-state index in [1.54, 1.807) is 0 Å². The fraction of sp³-hybridized carbons (Fsp3) is 0.0769. The van der Waals surface area contributed by atoms with Gasteiger partial charge in [-0.2, -0.15) is 0 Å². The molecule has 0 radical (unpaired) electrons. The third-order valence-corrected chi connectivity index (χ3v) is 2.91. The Bertz CT molecular complexity index is 514. The van der Waals surface area contributed by atoms with Gasteiger partial charge in [0.2, 0.25) is 0 Å². The summed E-state index contributed by atoms with van der Waals surface area (Å²) in [5.41, 5.74) is 2.65. The monoisotopic (exact) mass is 247 g/mol. The Morgan fingerprint density at radius 3 is 2.35 bits per heavy atom. The summed E-state index contributed by atoms with van der Waals surface area (Å²) in [7, 11) is 0. The second kappa shape index (κ2) is 5.61. The molecular formula is C13H13NO2S. The molecule has 0 heterocycles. The van der Waals surface area contributed by atoms with Crippen molar-refractivity contribution in [3.8, 4) is 0 Å². The lowest BCUT2D eigenvalue weighted by Crippen LogP contribution is -1.99. The number of benzene rings is 2. The van der Waals surface area contributed by atoms with Gasteiger partial charge in [-0.1, -0.05) is 36.4 Å². The number of para-hydroxylation sites is 2. The second-order valence-electron chi connectivity index (χ2n) is 3.61. The van der Waals surface area contributed by atoms with Crippen molar-refractivity contribution >= 4 is 22.5 Å². The van der Waals surface area contributed by atoms with E-state index in [9.17, 15) is 4.21 Å². The molecule has 0 saturated carbocycles. The maximum Gasteiger partial charge on any atom is 0.157 e. The van der Waals surface area contributed by atoms with Crippen LogP contribution in [0.25, 0.3) is 0 Å². The summed E-state index contributed by atoms with van der Waals surface area (Å²) >= 11 is -1.82. The zero-order chi connectivity index (χ0) is 12.1. The zero-order valence-corrected chi connectivity index (χ0v) is 9.98. The van der Waals surface area contributed by atoms with Crippen LogP contribution in [0.2, 0.25) is 0 Å². The van der Waals surface area contributed by atoms with E-state index in [-0.39, 0.29) is 5.75 Å². The number of rotatable bonds is 4. The molecule has 1 unspecified atom stereocenters. The van der Waals surface area contributed by atoms with Crippen LogP contribution in [0.4, 0.5) is 11.4 Å². The molecule has 3 nitrogen and oxygen atoms in total. The van der Waals surface area contributed by atoms with Crippen LogP contribution in [-0.2, 0) is 16.8 Å². The molecule has 0 fully saturated rings. The van der Waals surface area contributed by atoms with E-state index < -0.39 is 11.1 Å². The summed E-state index contributed by atoms with van der Waals surface area (Å²) in [6, 6.07) is 17.2. The molecule has 0 amide bonds. The van der Waals surface area contributed by atoms with Crippen molar-refractivity contribution in [2.24, 2.45) is 0 Å². The van der Waals surface area contributed by atoms with Crippen LogP contribution >= 0.6 is 0 Å². The first-order valence-corrected chi connectivity index (χ1v) is 6.51. The van der Waals surface area contributed by atoms with E-state index in [2.05, 4.69) is 5.32 Å². The first-order chi connectivity index (χ1) is 8.25. The minimum atomic E-state index is -1.82. The van der Waals surface area contributed by atoms with Crippen LogP contribution < -0.4 is 5.32 Å². The number of nitrogens with one attached hydrogen (secondary N) is 1. The Balaban J connectivity index is 2.23.